The van der Waals surface area contributed by atoms with Crippen molar-refractivity contribution in [3.8, 4) is 0 Å². The number of carbonyl (C=O) groups excluding carboxylic acids is 1. The van der Waals surface area contributed by atoms with E-state index in [1.807, 2.05) is 30.3 Å². The number of hydrogen-bond donors (Lipinski definition) is 1. The molecule has 1 amide bonds. The van der Waals surface area contributed by atoms with Crippen LogP contribution in [0.5, 0.6) is 0 Å². The maximum absolute atomic E-state index is 12.2. The number of hydrogen-bond acceptors (Lipinski definition) is 3. The van der Waals surface area contributed by atoms with E-state index in [0.717, 1.165) is 10.6 Å². The van der Waals surface area contributed by atoms with Gasteiger partial charge < -0.3 is 10.6 Å². The standard InChI is InChI=1S/C13H13ClN2OS/c1-16(10-5-3-2-4-6-10)13(17)12(15)11-7-9(14)8-18-11/h2-8,12H,15H2,1H3. The molecule has 2 aromatic rings. The maximum Gasteiger partial charge on any atom is 0.249 e. The number of rotatable bonds is 3. The third kappa shape index (κ3) is 2.72. The van der Waals surface area contributed by atoms with Gasteiger partial charge in [-0.25, -0.2) is 0 Å². The summed E-state index contributed by atoms with van der Waals surface area (Å²) in [6.07, 6.45) is 0. The molecule has 1 aromatic heterocycles. The van der Waals surface area contributed by atoms with E-state index < -0.39 is 6.04 Å². The van der Waals surface area contributed by atoms with Crippen LogP contribution < -0.4 is 10.6 Å². The van der Waals surface area contributed by atoms with Crippen LogP contribution in [0.2, 0.25) is 5.02 Å². The minimum absolute atomic E-state index is 0.153. The number of halogens is 1. The molecule has 0 radical (unpaired) electrons. The smallest absolute Gasteiger partial charge is 0.249 e. The van der Waals surface area contributed by atoms with Crippen molar-refractivity contribution in [2.24, 2.45) is 5.73 Å². The van der Waals surface area contributed by atoms with Gasteiger partial charge in [-0.3, -0.25) is 4.79 Å². The van der Waals surface area contributed by atoms with E-state index in [2.05, 4.69) is 0 Å². The van der Waals surface area contributed by atoms with E-state index in [-0.39, 0.29) is 5.91 Å². The summed E-state index contributed by atoms with van der Waals surface area (Å²) in [4.78, 5) is 14.5. The topological polar surface area (TPSA) is 46.3 Å². The zero-order valence-corrected chi connectivity index (χ0v) is 11.4. The van der Waals surface area contributed by atoms with Crippen LogP contribution in [-0.4, -0.2) is 13.0 Å². The van der Waals surface area contributed by atoms with Crippen molar-refractivity contribution in [1.82, 2.24) is 0 Å². The Bertz CT molecular complexity index is 541. The van der Waals surface area contributed by atoms with Gasteiger partial charge in [0.15, 0.2) is 0 Å². The number of para-hydroxylation sites is 1. The van der Waals surface area contributed by atoms with Crippen LogP contribution in [0.25, 0.3) is 0 Å². The van der Waals surface area contributed by atoms with Gasteiger partial charge in [0.25, 0.3) is 0 Å². The van der Waals surface area contributed by atoms with Crippen LogP contribution >= 0.6 is 22.9 Å². The minimum atomic E-state index is -0.673. The van der Waals surface area contributed by atoms with Crippen molar-refractivity contribution < 1.29 is 4.79 Å². The van der Waals surface area contributed by atoms with Crippen LogP contribution in [-0.2, 0) is 4.79 Å². The monoisotopic (exact) mass is 280 g/mol. The highest BCUT2D eigenvalue weighted by molar-refractivity contribution is 7.10. The molecule has 0 fully saturated rings. The number of likely N-dealkylation sites (N-methyl/N-ethyl adjacent to an activating group) is 1. The van der Waals surface area contributed by atoms with Crippen LogP contribution in [0.4, 0.5) is 5.69 Å². The van der Waals surface area contributed by atoms with E-state index in [4.69, 9.17) is 17.3 Å². The second kappa shape index (κ2) is 5.52. The summed E-state index contributed by atoms with van der Waals surface area (Å²) >= 11 is 7.23. The molecule has 1 heterocycles. The number of carbonyl (C=O) groups is 1. The zero-order valence-electron chi connectivity index (χ0n) is 9.84. The molecule has 2 N–H and O–H groups in total. The maximum atomic E-state index is 12.2. The molecule has 0 aliphatic heterocycles. The lowest BCUT2D eigenvalue weighted by molar-refractivity contribution is -0.119. The largest absolute Gasteiger partial charge is 0.316 e. The molecule has 1 aromatic carbocycles. The second-order valence-corrected chi connectivity index (χ2v) is 5.26. The Balaban J connectivity index is 2.16. The molecule has 0 aliphatic carbocycles. The summed E-state index contributed by atoms with van der Waals surface area (Å²) in [5, 5.41) is 2.38. The Labute approximate surface area is 115 Å². The fraction of sp³-hybridized carbons (Fsp3) is 0.154. The average molecular weight is 281 g/mol. The van der Waals surface area contributed by atoms with Crippen LogP contribution in [0.3, 0.4) is 0 Å². The Morgan fingerprint density at radius 1 is 1.39 bits per heavy atom. The van der Waals surface area contributed by atoms with Gasteiger partial charge in [0.05, 0.1) is 5.02 Å². The van der Waals surface area contributed by atoms with Gasteiger partial charge in [0.1, 0.15) is 6.04 Å². The van der Waals surface area contributed by atoms with Gasteiger partial charge in [0, 0.05) is 23.0 Å². The molecule has 2 rings (SSSR count). The highest BCUT2D eigenvalue weighted by Crippen LogP contribution is 2.26. The molecule has 0 bridgehead atoms. The lowest BCUT2D eigenvalue weighted by Gasteiger charge is -2.20. The van der Waals surface area contributed by atoms with Gasteiger partial charge in [0.2, 0.25) is 5.91 Å². The number of nitrogens with zero attached hydrogens (tertiary/aromatic N) is 1. The number of amides is 1. The number of thiophene rings is 1. The van der Waals surface area contributed by atoms with Gasteiger partial charge >= 0.3 is 0 Å². The van der Waals surface area contributed by atoms with E-state index >= 15 is 0 Å². The quantitative estimate of drug-likeness (QED) is 0.939. The van der Waals surface area contributed by atoms with Gasteiger partial charge in [-0.05, 0) is 18.2 Å². The molecule has 0 saturated heterocycles. The SMILES string of the molecule is CN(C(=O)C(N)c1cc(Cl)cs1)c1ccccc1. The van der Waals surface area contributed by atoms with Crippen molar-refractivity contribution in [1.29, 1.82) is 0 Å². The van der Waals surface area contributed by atoms with Gasteiger partial charge in [-0.1, -0.05) is 29.8 Å². The zero-order chi connectivity index (χ0) is 13.1. The second-order valence-electron chi connectivity index (χ2n) is 3.88. The summed E-state index contributed by atoms with van der Waals surface area (Å²) in [6, 6.07) is 10.5. The van der Waals surface area contributed by atoms with Crippen LogP contribution in [0.1, 0.15) is 10.9 Å². The van der Waals surface area contributed by atoms with E-state index in [9.17, 15) is 4.79 Å². The van der Waals surface area contributed by atoms with E-state index in [1.54, 1.807) is 23.4 Å². The van der Waals surface area contributed by atoms with Crippen LogP contribution in [0, 0.1) is 0 Å². The lowest BCUT2D eigenvalue weighted by Crippen LogP contribution is -2.35. The Hall–Kier alpha value is -1.36. The average Bonchev–Trinajstić information content (AvgIpc) is 2.84. The normalized spacial score (nSPS) is 12.2. The number of benzene rings is 1. The highest BCUT2D eigenvalue weighted by atomic mass is 35.5. The van der Waals surface area contributed by atoms with Crippen molar-refractivity contribution in [2.45, 2.75) is 6.04 Å². The molecular weight excluding hydrogens is 268 g/mol. The molecule has 0 spiro atoms. The van der Waals surface area contributed by atoms with Crippen molar-refractivity contribution in [3.63, 3.8) is 0 Å². The first-order chi connectivity index (χ1) is 8.59. The molecule has 94 valence electrons. The van der Waals surface area contributed by atoms with Crippen molar-refractivity contribution in [3.05, 3.63) is 51.7 Å². The number of nitrogens with two attached hydrogens (primary N) is 1. The van der Waals surface area contributed by atoms with Gasteiger partial charge in [-0.15, -0.1) is 11.3 Å². The van der Waals surface area contributed by atoms with Crippen LogP contribution in [0.15, 0.2) is 41.8 Å². The predicted molar refractivity (Wildman–Crippen MR) is 76.1 cm³/mol. The third-order valence-corrected chi connectivity index (χ3v) is 4.00. The summed E-state index contributed by atoms with van der Waals surface area (Å²) in [5.41, 5.74) is 6.77. The van der Waals surface area contributed by atoms with E-state index in [1.165, 1.54) is 11.3 Å². The molecule has 1 unspecified atom stereocenters. The summed E-state index contributed by atoms with van der Waals surface area (Å²) in [6.45, 7) is 0. The fourth-order valence-corrected chi connectivity index (χ4v) is 2.68. The molecule has 5 heteroatoms. The van der Waals surface area contributed by atoms with Gasteiger partial charge in [-0.2, -0.15) is 0 Å². The highest BCUT2D eigenvalue weighted by Gasteiger charge is 2.22. The predicted octanol–water partition coefficient (Wildman–Crippen LogP) is 3.06. The Morgan fingerprint density at radius 2 is 2.06 bits per heavy atom. The first kappa shape index (κ1) is 13.1. The summed E-state index contributed by atoms with van der Waals surface area (Å²) in [5.74, 6) is -0.153. The lowest BCUT2D eigenvalue weighted by atomic mass is 10.2. The first-order valence-electron chi connectivity index (χ1n) is 5.41. The molecule has 0 saturated carbocycles. The molecule has 0 aliphatic rings. The van der Waals surface area contributed by atoms with E-state index in [0.29, 0.717) is 5.02 Å². The fourth-order valence-electron chi connectivity index (χ4n) is 1.60. The molecule has 1 atom stereocenters. The van der Waals surface area contributed by atoms with Crippen molar-refractivity contribution in [2.75, 3.05) is 11.9 Å². The number of anilines is 1. The molecule has 3 nitrogen and oxygen atoms in total. The summed E-state index contributed by atoms with van der Waals surface area (Å²) in [7, 11) is 1.72. The molecular formula is C13H13ClN2OS. The Morgan fingerprint density at radius 3 is 2.61 bits per heavy atom. The Kier molecular flexibility index (Phi) is 4.01. The molecule has 18 heavy (non-hydrogen) atoms. The van der Waals surface area contributed by atoms with Crippen molar-refractivity contribution >= 4 is 34.5 Å². The summed E-state index contributed by atoms with van der Waals surface area (Å²) < 4.78 is 0. The third-order valence-electron chi connectivity index (χ3n) is 2.63. The first-order valence-corrected chi connectivity index (χ1v) is 6.67. The minimum Gasteiger partial charge on any atom is -0.316 e.